The number of nitrogens with two attached hydrogens (primary N) is 1. The maximum atomic E-state index is 12.8. The van der Waals surface area contributed by atoms with Crippen LogP contribution >= 0.6 is 0 Å². The summed E-state index contributed by atoms with van der Waals surface area (Å²) >= 11 is 0. The Morgan fingerprint density at radius 3 is 2.40 bits per heavy atom. The lowest BCUT2D eigenvalue weighted by molar-refractivity contribution is -0.140. The van der Waals surface area contributed by atoms with Gasteiger partial charge in [0.1, 0.15) is 5.82 Å². The maximum absolute atomic E-state index is 12.8. The number of halogens is 4. The molecule has 0 saturated heterocycles. The molecule has 0 radical (unpaired) electrons. The highest BCUT2D eigenvalue weighted by Gasteiger charge is 2.34. The standard InChI is InChI=1S/C10H9F4N/c1-2-9(15)6-3-4-8(11)7(5-6)10(12,13)14/h2-5,9H,1,15H2. The van der Waals surface area contributed by atoms with Crippen molar-refractivity contribution in [3.8, 4) is 0 Å². The average molecular weight is 219 g/mol. The van der Waals surface area contributed by atoms with Gasteiger partial charge in [-0.15, -0.1) is 6.58 Å². The number of hydrogen-bond acceptors (Lipinski definition) is 1. The maximum Gasteiger partial charge on any atom is 0.419 e. The summed E-state index contributed by atoms with van der Waals surface area (Å²) in [6.45, 7) is 3.35. The molecular weight excluding hydrogens is 210 g/mol. The smallest absolute Gasteiger partial charge is 0.321 e. The van der Waals surface area contributed by atoms with Crippen molar-refractivity contribution in [1.82, 2.24) is 0 Å². The summed E-state index contributed by atoms with van der Waals surface area (Å²) in [6, 6.07) is 1.92. The summed E-state index contributed by atoms with van der Waals surface area (Å²) in [7, 11) is 0. The van der Waals surface area contributed by atoms with Crippen molar-refractivity contribution in [1.29, 1.82) is 0 Å². The van der Waals surface area contributed by atoms with Crippen molar-refractivity contribution in [3.05, 3.63) is 47.8 Å². The van der Waals surface area contributed by atoms with E-state index in [1.54, 1.807) is 0 Å². The molecule has 0 heterocycles. The first-order valence-corrected chi connectivity index (χ1v) is 4.11. The van der Waals surface area contributed by atoms with Crippen LogP contribution in [0, 0.1) is 5.82 Å². The molecule has 0 aliphatic carbocycles. The summed E-state index contributed by atoms with van der Waals surface area (Å²) in [6.07, 6.45) is -3.42. The highest BCUT2D eigenvalue weighted by Crippen LogP contribution is 2.32. The van der Waals surface area contributed by atoms with Crippen LogP contribution in [-0.4, -0.2) is 0 Å². The molecule has 0 amide bonds. The van der Waals surface area contributed by atoms with E-state index in [1.807, 2.05) is 0 Å². The van der Waals surface area contributed by atoms with E-state index in [1.165, 1.54) is 12.1 Å². The molecule has 2 N–H and O–H groups in total. The minimum absolute atomic E-state index is 0.179. The van der Waals surface area contributed by atoms with Gasteiger partial charge >= 0.3 is 6.18 Å². The Morgan fingerprint density at radius 1 is 1.33 bits per heavy atom. The molecule has 82 valence electrons. The molecule has 15 heavy (non-hydrogen) atoms. The van der Waals surface area contributed by atoms with E-state index in [2.05, 4.69) is 6.58 Å². The zero-order chi connectivity index (χ0) is 11.6. The lowest BCUT2D eigenvalue weighted by atomic mass is 10.0. The van der Waals surface area contributed by atoms with Crippen molar-refractivity contribution in [2.45, 2.75) is 12.2 Å². The Balaban J connectivity index is 3.22. The van der Waals surface area contributed by atoms with Gasteiger partial charge in [-0.2, -0.15) is 13.2 Å². The zero-order valence-corrected chi connectivity index (χ0v) is 7.68. The Morgan fingerprint density at radius 2 is 1.93 bits per heavy atom. The first-order chi connectivity index (χ1) is 6.86. The van der Waals surface area contributed by atoms with Crippen molar-refractivity contribution in [3.63, 3.8) is 0 Å². The van der Waals surface area contributed by atoms with Gasteiger partial charge in [0.05, 0.1) is 5.56 Å². The van der Waals surface area contributed by atoms with Crippen LogP contribution in [0.15, 0.2) is 30.9 Å². The molecule has 1 unspecified atom stereocenters. The molecule has 5 heteroatoms. The lowest BCUT2D eigenvalue weighted by Crippen LogP contribution is -2.12. The van der Waals surface area contributed by atoms with E-state index < -0.39 is 23.6 Å². The van der Waals surface area contributed by atoms with Gasteiger partial charge in [-0.1, -0.05) is 12.1 Å². The topological polar surface area (TPSA) is 26.0 Å². The second kappa shape index (κ2) is 4.02. The van der Waals surface area contributed by atoms with E-state index in [-0.39, 0.29) is 5.56 Å². The van der Waals surface area contributed by atoms with Gasteiger partial charge in [0, 0.05) is 6.04 Å². The molecule has 0 aliphatic heterocycles. The van der Waals surface area contributed by atoms with Crippen LogP contribution in [0.1, 0.15) is 17.2 Å². The van der Waals surface area contributed by atoms with Crippen LogP contribution in [0.5, 0.6) is 0 Å². The van der Waals surface area contributed by atoms with Gasteiger partial charge in [-0.25, -0.2) is 4.39 Å². The predicted molar refractivity (Wildman–Crippen MR) is 48.5 cm³/mol. The van der Waals surface area contributed by atoms with Crippen molar-refractivity contribution >= 4 is 0 Å². The second-order valence-electron chi connectivity index (χ2n) is 3.00. The monoisotopic (exact) mass is 219 g/mol. The van der Waals surface area contributed by atoms with Crippen molar-refractivity contribution < 1.29 is 17.6 Å². The predicted octanol–water partition coefficient (Wildman–Crippen LogP) is 3.03. The van der Waals surface area contributed by atoms with Crippen LogP contribution in [0.25, 0.3) is 0 Å². The fraction of sp³-hybridized carbons (Fsp3) is 0.200. The summed E-state index contributed by atoms with van der Waals surface area (Å²) < 4.78 is 49.7. The summed E-state index contributed by atoms with van der Waals surface area (Å²) in [5, 5.41) is 0. The summed E-state index contributed by atoms with van der Waals surface area (Å²) in [5.74, 6) is -1.30. The van der Waals surface area contributed by atoms with Gasteiger partial charge in [0.2, 0.25) is 0 Å². The average Bonchev–Trinajstić information content (AvgIpc) is 2.15. The van der Waals surface area contributed by atoms with E-state index in [0.29, 0.717) is 6.07 Å². The summed E-state index contributed by atoms with van der Waals surface area (Å²) in [5.41, 5.74) is 4.32. The second-order valence-corrected chi connectivity index (χ2v) is 3.00. The van der Waals surface area contributed by atoms with E-state index >= 15 is 0 Å². The van der Waals surface area contributed by atoms with E-state index in [4.69, 9.17) is 5.73 Å². The fourth-order valence-corrected chi connectivity index (χ4v) is 1.10. The third-order valence-electron chi connectivity index (χ3n) is 1.93. The first kappa shape index (κ1) is 11.7. The number of rotatable bonds is 2. The number of hydrogen-bond donors (Lipinski definition) is 1. The minimum Gasteiger partial charge on any atom is -0.321 e. The molecular formula is C10H9F4N. The zero-order valence-electron chi connectivity index (χ0n) is 7.68. The molecule has 0 saturated carbocycles. The fourth-order valence-electron chi connectivity index (χ4n) is 1.10. The normalized spacial score (nSPS) is 13.7. The Bertz CT molecular complexity index is 370. The van der Waals surface area contributed by atoms with Crippen LogP contribution in [-0.2, 0) is 6.18 Å². The Labute approximate surface area is 84.2 Å². The third-order valence-corrected chi connectivity index (χ3v) is 1.93. The van der Waals surface area contributed by atoms with Crippen LogP contribution < -0.4 is 5.73 Å². The van der Waals surface area contributed by atoms with Crippen LogP contribution in [0.4, 0.5) is 17.6 Å². The van der Waals surface area contributed by atoms with Crippen molar-refractivity contribution in [2.24, 2.45) is 5.73 Å². The molecule has 1 atom stereocenters. The van der Waals surface area contributed by atoms with Gasteiger partial charge < -0.3 is 5.73 Å². The first-order valence-electron chi connectivity index (χ1n) is 4.11. The van der Waals surface area contributed by atoms with Gasteiger partial charge in [0.25, 0.3) is 0 Å². The Kier molecular flexibility index (Phi) is 3.14. The van der Waals surface area contributed by atoms with E-state index in [0.717, 1.165) is 6.07 Å². The molecule has 0 aromatic heterocycles. The molecule has 1 rings (SSSR count). The Hall–Kier alpha value is -1.36. The van der Waals surface area contributed by atoms with Gasteiger partial charge in [-0.3, -0.25) is 0 Å². The number of benzene rings is 1. The molecule has 0 fully saturated rings. The molecule has 1 aromatic carbocycles. The van der Waals surface area contributed by atoms with Crippen LogP contribution in [0.3, 0.4) is 0 Å². The quantitative estimate of drug-likeness (QED) is 0.600. The lowest BCUT2D eigenvalue weighted by Gasteiger charge is -2.12. The molecule has 1 aromatic rings. The van der Waals surface area contributed by atoms with Crippen molar-refractivity contribution in [2.75, 3.05) is 0 Å². The minimum atomic E-state index is -4.71. The number of alkyl halides is 3. The SMILES string of the molecule is C=CC(N)c1ccc(F)c(C(F)(F)F)c1. The third kappa shape index (κ3) is 2.56. The summed E-state index contributed by atoms with van der Waals surface area (Å²) in [4.78, 5) is 0. The largest absolute Gasteiger partial charge is 0.419 e. The van der Waals surface area contributed by atoms with Gasteiger partial charge in [-0.05, 0) is 17.7 Å². The highest BCUT2D eigenvalue weighted by molar-refractivity contribution is 5.30. The highest BCUT2D eigenvalue weighted by atomic mass is 19.4. The van der Waals surface area contributed by atoms with Crippen LogP contribution in [0.2, 0.25) is 0 Å². The molecule has 0 bridgehead atoms. The van der Waals surface area contributed by atoms with Gasteiger partial charge in [0.15, 0.2) is 0 Å². The molecule has 0 aliphatic rings. The molecule has 0 spiro atoms. The van der Waals surface area contributed by atoms with E-state index in [9.17, 15) is 17.6 Å². The molecule has 1 nitrogen and oxygen atoms in total.